The van der Waals surface area contributed by atoms with Gasteiger partial charge >= 0.3 is 0 Å². The first kappa shape index (κ1) is 18.4. The fourth-order valence-electron chi connectivity index (χ4n) is 1.45. The number of hydrogen-bond acceptors (Lipinski definition) is 3. The molecule has 4 nitrogen and oxygen atoms in total. The Morgan fingerprint density at radius 1 is 0.947 bits per heavy atom. The minimum absolute atomic E-state index is 0.0252. The lowest BCUT2D eigenvalue weighted by atomic mass is 10.1. The average molecular weight is 272 g/mol. The summed E-state index contributed by atoms with van der Waals surface area (Å²) in [7, 11) is 0. The summed E-state index contributed by atoms with van der Waals surface area (Å²) in [6.45, 7) is 14.3. The fourth-order valence-corrected chi connectivity index (χ4v) is 1.45. The number of rotatable bonds is 8. The molecule has 4 heteroatoms. The van der Waals surface area contributed by atoms with E-state index in [1.807, 2.05) is 20.8 Å². The number of amides is 1. The van der Waals surface area contributed by atoms with Crippen LogP contribution in [-0.4, -0.2) is 36.7 Å². The van der Waals surface area contributed by atoms with Crippen molar-refractivity contribution in [3.8, 4) is 0 Å². The van der Waals surface area contributed by atoms with Gasteiger partial charge in [0, 0.05) is 12.1 Å². The van der Waals surface area contributed by atoms with Gasteiger partial charge in [0.2, 0.25) is 5.91 Å². The molecule has 0 heterocycles. The van der Waals surface area contributed by atoms with Crippen molar-refractivity contribution >= 4 is 5.91 Å². The van der Waals surface area contributed by atoms with Crippen molar-refractivity contribution in [2.75, 3.05) is 19.7 Å². The van der Waals surface area contributed by atoms with E-state index in [0.29, 0.717) is 0 Å². The summed E-state index contributed by atoms with van der Waals surface area (Å²) in [6, 6.07) is 0. The highest BCUT2D eigenvalue weighted by Gasteiger charge is 2.12. The Balaban J connectivity index is 3.37. The average Bonchev–Trinajstić information content (AvgIpc) is 2.22. The first-order valence-electron chi connectivity index (χ1n) is 7.26. The van der Waals surface area contributed by atoms with Crippen LogP contribution in [0.3, 0.4) is 0 Å². The van der Waals surface area contributed by atoms with E-state index in [1.165, 1.54) is 0 Å². The number of carbonyl (C=O) groups is 1. The van der Waals surface area contributed by atoms with Crippen molar-refractivity contribution in [1.29, 1.82) is 0 Å². The van der Waals surface area contributed by atoms with Crippen molar-refractivity contribution in [2.24, 2.45) is 0 Å². The Hall–Kier alpha value is -0.610. The molecule has 0 fully saturated rings. The van der Waals surface area contributed by atoms with Gasteiger partial charge in [-0.25, -0.2) is 0 Å². The number of unbranched alkanes of at least 4 members (excludes halogenated alkanes) is 2. The Morgan fingerprint density at radius 2 is 1.53 bits per heavy atom. The minimum atomic E-state index is -0.254. The van der Waals surface area contributed by atoms with E-state index in [2.05, 4.69) is 31.4 Å². The summed E-state index contributed by atoms with van der Waals surface area (Å²) in [5.41, 5.74) is -0.0610. The predicted molar refractivity (Wildman–Crippen MR) is 80.3 cm³/mol. The molecule has 0 aromatic heterocycles. The van der Waals surface area contributed by atoms with Crippen LogP contribution in [-0.2, 0) is 9.53 Å². The second-order valence-corrected chi connectivity index (χ2v) is 6.99. The highest BCUT2D eigenvalue weighted by Crippen LogP contribution is 2.05. The quantitative estimate of drug-likeness (QED) is 0.667. The maximum Gasteiger partial charge on any atom is 0.246 e. The zero-order valence-electron chi connectivity index (χ0n) is 13.6. The van der Waals surface area contributed by atoms with Crippen LogP contribution in [0.4, 0.5) is 0 Å². The van der Waals surface area contributed by atoms with Gasteiger partial charge in [-0.2, -0.15) is 0 Å². The van der Waals surface area contributed by atoms with Gasteiger partial charge in [-0.1, -0.05) is 6.42 Å². The molecule has 0 aromatic rings. The Morgan fingerprint density at radius 3 is 2.05 bits per heavy atom. The molecular formula is C15H32N2O2. The van der Waals surface area contributed by atoms with Crippen LogP contribution in [0.25, 0.3) is 0 Å². The molecule has 0 unspecified atom stereocenters. The summed E-state index contributed by atoms with van der Waals surface area (Å²) >= 11 is 0. The van der Waals surface area contributed by atoms with Gasteiger partial charge in [0.05, 0.1) is 5.60 Å². The molecule has 0 aliphatic carbocycles. The van der Waals surface area contributed by atoms with Crippen molar-refractivity contribution < 1.29 is 9.53 Å². The number of ether oxygens (including phenoxy) is 1. The molecule has 0 aliphatic rings. The highest BCUT2D eigenvalue weighted by atomic mass is 16.5. The van der Waals surface area contributed by atoms with Crippen LogP contribution in [0.15, 0.2) is 0 Å². The molecule has 0 saturated carbocycles. The first-order chi connectivity index (χ1) is 8.60. The molecule has 0 radical (unpaired) electrons. The minimum Gasteiger partial charge on any atom is -0.366 e. The standard InChI is InChI=1S/C15H32N2O2/c1-14(2,3)17-11-9-7-8-10-16-13(18)12-19-15(4,5)6/h17H,7-12H2,1-6H3,(H,16,18). The number of nitrogens with one attached hydrogen (secondary N) is 2. The van der Waals surface area contributed by atoms with Crippen LogP contribution >= 0.6 is 0 Å². The molecular weight excluding hydrogens is 240 g/mol. The van der Waals surface area contributed by atoms with Gasteiger partial charge in [0.25, 0.3) is 0 Å². The third-order valence-electron chi connectivity index (χ3n) is 2.47. The Kier molecular flexibility index (Phi) is 8.26. The lowest BCUT2D eigenvalue weighted by Crippen LogP contribution is -2.36. The monoisotopic (exact) mass is 272 g/mol. The molecule has 0 atom stereocenters. The molecule has 114 valence electrons. The van der Waals surface area contributed by atoms with Gasteiger partial charge in [0.1, 0.15) is 6.61 Å². The zero-order valence-corrected chi connectivity index (χ0v) is 13.6. The lowest BCUT2D eigenvalue weighted by Gasteiger charge is -2.20. The maximum atomic E-state index is 11.5. The van der Waals surface area contributed by atoms with Crippen molar-refractivity contribution in [2.45, 2.75) is 71.9 Å². The van der Waals surface area contributed by atoms with Gasteiger partial charge < -0.3 is 15.4 Å². The maximum absolute atomic E-state index is 11.5. The van der Waals surface area contributed by atoms with Crippen molar-refractivity contribution in [3.63, 3.8) is 0 Å². The summed E-state index contributed by atoms with van der Waals surface area (Å²) in [4.78, 5) is 11.5. The predicted octanol–water partition coefficient (Wildman–Crippen LogP) is 2.48. The van der Waals surface area contributed by atoms with E-state index in [1.54, 1.807) is 0 Å². The summed E-state index contributed by atoms with van der Waals surface area (Å²) in [5.74, 6) is -0.0252. The van der Waals surface area contributed by atoms with E-state index in [-0.39, 0.29) is 23.7 Å². The van der Waals surface area contributed by atoms with Gasteiger partial charge in [-0.05, 0) is 60.9 Å². The van der Waals surface area contributed by atoms with Gasteiger partial charge in [-0.3, -0.25) is 4.79 Å². The molecule has 19 heavy (non-hydrogen) atoms. The van der Waals surface area contributed by atoms with Crippen molar-refractivity contribution in [3.05, 3.63) is 0 Å². The summed E-state index contributed by atoms with van der Waals surface area (Å²) in [5, 5.41) is 6.33. The molecule has 0 rings (SSSR count). The van der Waals surface area contributed by atoms with E-state index >= 15 is 0 Å². The van der Waals surface area contributed by atoms with Crippen LogP contribution in [0.1, 0.15) is 60.8 Å². The molecule has 0 saturated heterocycles. The number of hydrogen-bond donors (Lipinski definition) is 2. The second kappa shape index (κ2) is 8.54. The Bertz CT molecular complexity index is 252. The molecule has 0 spiro atoms. The summed E-state index contributed by atoms with van der Waals surface area (Å²) < 4.78 is 5.40. The van der Waals surface area contributed by atoms with Crippen LogP contribution in [0, 0.1) is 0 Å². The molecule has 1 amide bonds. The third kappa shape index (κ3) is 15.3. The number of carbonyl (C=O) groups excluding carboxylic acids is 1. The van der Waals surface area contributed by atoms with E-state index in [9.17, 15) is 4.79 Å². The Labute approximate surface area is 118 Å². The van der Waals surface area contributed by atoms with E-state index in [0.717, 1.165) is 32.4 Å². The topological polar surface area (TPSA) is 50.4 Å². The highest BCUT2D eigenvalue weighted by molar-refractivity contribution is 5.77. The molecule has 0 aromatic carbocycles. The van der Waals surface area contributed by atoms with E-state index < -0.39 is 0 Å². The molecule has 2 N–H and O–H groups in total. The van der Waals surface area contributed by atoms with E-state index in [4.69, 9.17) is 4.74 Å². The third-order valence-corrected chi connectivity index (χ3v) is 2.47. The SMILES string of the molecule is CC(C)(C)NCCCCCNC(=O)COC(C)(C)C. The molecule has 0 bridgehead atoms. The normalized spacial score (nSPS) is 12.5. The van der Waals surface area contributed by atoms with Crippen molar-refractivity contribution in [1.82, 2.24) is 10.6 Å². The van der Waals surface area contributed by atoms with Crippen LogP contribution in [0.5, 0.6) is 0 Å². The smallest absolute Gasteiger partial charge is 0.246 e. The first-order valence-corrected chi connectivity index (χ1v) is 7.26. The van der Waals surface area contributed by atoms with Gasteiger partial charge in [0.15, 0.2) is 0 Å². The second-order valence-electron chi connectivity index (χ2n) is 6.99. The lowest BCUT2D eigenvalue weighted by molar-refractivity contribution is -0.130. The van der Waals surface area contributed by atoms with Crippen LogP contribution < -0.4 is 10.6 Å². The fraction of sp³-hybridized carbons (Fsp3) is 0.933. The van der Waals surface area contributed by atoms with Gasteiger partial charge in [-0.15, -0.1) is 0 Å². The largest absolute Gasteiger partial charge is 0.366 e. The molecule has 0 aliphatic heterocycles. The van der Waals surface area contributed by atoms with Crippen LogP contribution in [0.2, 0.25) is 0 Å². The summed E-state index contributed by atoms with van der Waals surface area (Å²) in [6.07, 6.45) is 3.29. The zero-order chi connectivity index (χ0) is 14.9.